The van der Waals surface area contributed by atoms with Crippen molar-refractivity contribution in [1.82, 2.24) is 0 Å². The molecule has 1 saturated heterocycles. The molecule has 0 N–H and O–H groups in total. The van der Waals surface area contributed by atoms with E-state index in [1.807, 2.05) is 43.4 Å². The molecule has 1 aromatic carbocycles. The van der Waals surface area contributed by atoms with Crippen LogP contribution >= 0.6 is 0 Å². The molecule has 8 nitrogen and oxygen atoms in total. The molecule has 0 amide bonds. The van der Waals surface area contributed by atoms with Gasteiger partial charge in [0.15, 0.2) is 22.9 Å². The highest BCUT2D eigenvalue weighted by molar-refractivity contribution is 7.86. The van der Waals surface area contributed by atoms with Crippen molar-refractivity contribution in [2.75, 3.05) is 12.9 Å². The van der Waals surface area contributed by atoms with Gasteiger partial charge in [-0.1, -0.05) is 71.9 Å². The number of hydrogen-bond donors (Lipinski definition) is 0. The van der Waals surface area contributed by atoms with E-state index in [2.05, 4.69) is 60.7 Å². The number of nitriles is 1. The molecule has 0 aliphatic carbocycles. The Morgan fingerprint density at radius 2 is 1.54 bits per heavy atom. The normalized spacial score (nSPS) is 25.7. The highest BCUT2D eigenvalue weighted by atomic mass is 32.2. The molecule has 0 spiro atoms. The van der Waals surface area contributed by atoms with Crippen molar-refractivity contribution in [1.29, 1.82) is 5.26 Å². The molecule has 0 unspecified atom stereocenters. The Morgan fingerprint density at radius 3 is 2.00 bits per heavy atom. The van der Waals surface area contributed by atoms with Crippen LogP contribution in [0.4, 0.5) is 0 Å². The minimum absolute atomic E-state index is 0.0257. The molecular formula is C26H45NO7SSi2. The molecule has 210 valence electrons. The number of rotatable bonds is 10. The van der Waals surface area contributed by atoms with Gasteiger partial charge < -0.3 is 18.3 Å². The van der Waals surface area contributed by atoms with Crippen molar-refractivity contribution in [3.63, 3.8) is 0 Å². The van der Waals surface area contributed by atoms with Gasteiger partial charge in [0.05, 0.1) is 19.5 Å². The SMILES string of the molecule is CC(C)(C)[Si](C)(C)OC[C@H]1O[C@@H](OCc2ccccc2)[C@H](O[Si](C)(C)C(C)(C)C)[C@@]1(C#N)OS(C)(=O)=O. The second-order valence-corrected chi connectivity index (χ2v) is 24.0. The van der Waals surface area contributed by atoms with E-state index in [4.69, 9.17) is 22.5 Å². The van der Waals surface area contributed by atoms with Crippen LogP contribution in [0.1, 0.15) is 47.1 Å². The maximum Gasteiger partial charge on any atom is 0.266 e. The summed E-state index contributed by atoms with van der Waals surface area (Å²) in [5.41, 5.74) is -1.07. The zero-order valence-corrected chi connectivity index (χ0v) is 27.1. The fraction of sp³-hybridized carbons (Fsp3) is 0.731. The van der Waals surface area contributed by atoms with Gasteiger partial charge >= 0.3 is 0 Å². The van der Waals surface area contributed by atoms with Gasteiger partial charge in [-0.05, 0) is 41.8 Å². The number of hydrogen-bond acceptors (Lipinski definition) is 8. The first-order valence-electron chi connectivity index (χ1n) is 12.6. The highest BCUT2D eigenvalue weighted by Crippen LogP contribution is 2.45. The molecule has 1 aliphatic rings. The molecular weight excluding hydrogens is 527 g/mol. The molecule has 0 aromatic heterocycles. The molecule has 0 bridgehead atoms. The second kappa shape index (κ2) is 11.2. The molecule has 1 heterocycles. The predicted octanol–water partition coefficient (Wildman–Crippen LogP) is 5.58. The molecule has 1 fully saturated rings. The summed E-state index contributed by atoms with van der Waals surface area (Å²) in [4.78, 5) is 0. The third-order valence-corrected chi connectivity index (χ3v) is 17.3. The summed E-state index contributed by atoms with van der Waals surface area (Å²) in [5, 5.41) is 10.2. The molecule has 0 radical (unpaired) electrons. The van der Waals surface area contributed by atoms with Gasteiger partial charge in [-0.3, -0.25) is 0 Å². The van der Waals surface area contributed by atoms with Crippen LogP contribution in [-0.4, -0.2) is 62.0 Å². The largest absolute Gasteiger partial charge is 0.414 e. The van der Waals surface area contributed by atoms with Crippen molar-refractivity contribution in [2.24, 2.45) is 0 Å². The van der Waals surface area contributed by atoms with Crippen molar-refractivity contribution in [3.8, 4) is 6.07 Å². The first-order valence-corrected chi connectivity index (χ1v) is 20.2. The maximum atomic E-state index is 12.5. The maximum absolute atomic E-state index is 12.5. The van der Waals surface area contributed by atoms with E-state index in [1.165, 1.54) is 0 Å². The summed E-state index contributed by atoms with van der Waals surface area (Å²) in [7, 11) is -8.88. The van der Waals surface area contributed by atoms with Gasteiger partial charge in [-0.2, -0.15) is 13.7 Å². The summed E-state index contributed by atoms with van der Waals surface area (Å²) in [6.07, 6.45) is -2.26. The molecule has 11 heteroatoms. The Balaban J connectivity index is 2.55. The monoisotopic (exact) mass is 571 g/mol. The average Bonchev–Trinajstić information content (AvgIpc) is 3.01. The molecule has 4 atom stereocenters. The summed E-state index contributed by atoms with van der Waals surface area (Å²) in [6, 6.07) is 11.7. The third-order valence-electron chi connectivity index (χ3n) is 7.80. The van der Waals surface area contributed by atoms with E-state index >= 15 is 0 Å². The number of nitrogens with zero attached hydrogens (tertiary/aromatic N) is 1. The fourth-order valence-corrected chi connectivity index (χ4v) is 6.42. The number of ether oxygens (including phenoxy) is 2. The van der Waals surface area contributed by atoms with Crippen LogP contribution in [0.3, 0.4) is 0 Å². The summed E-state index contributed by atoms with van der Waals surface area (Å²) in [6.45, 7) is 20.9. The zero-order chi connectivity index (χ0) is 28.5. The van der Waals surface area contributed by atoms with Crippen LogP contribution in [0.2, 0.25) is 36.3 Å². The van der Waals surface area contributed by atoms with Crippen molar-refractivity contribution >= 4 is 26.8 Å². The molecule has 2 rings (SSSR count). The van der Waals surface area contributed by atoms with Gasteiger partial charge in [-0.25, -0.2) is 4.18 Å². The standard InChI is InChI=1S/C26H45NO7SSi2/c1-24(2,3)36(8,9)31-18-21-26(19-27,34-35(7,28)29)22(33-37(10,11)25(4,5)6)23(32-21)30-17-20-15-13-12-14-16-20/h12-16,21-23H,17-18H2,1-11H3/t21-,22+,23-,26+/m1/s1. The second-order valence-electron chi connectivity index (χ2n) is 12.9. The van der Waals surface area contributed by atoms with Gasteiger partial charge in [0.25, 0.3) is 10.1 Å². The van der Waals surface area contributed by atoms with E-state index in [-0.39, 0.29) is 23.3 Å². The van der Waals surface area contributed by atoms with Crippen LogP contribution in [0.5, 0.6) is 0 Å². The lowest BCUT2D eigenvalue weighted by atomic mass is 9.95. The first-order chi connectivity index (χ1) is 16.7. The van der Waals surface area contributed by atoms with E-state index < -0.39 is 50.9 Å². The summed E-state index contributed by atoms with van der Waals surface area (Å²) < 4.78 is 56.1. The van der Waals surface area contributed by atoms with E-state index in [1.54, 1.807) is 0 Å². The third kappa shape index (κ3) is 7.73. The van der Waals surface area contributed by atoms with E-state index in [0.717, 1.165) is 11.8 Å². The van der Waals surface area contributed by atoms with E-state index in [0.29, 0.717) is 0 Å². The van der Waals surface area contributed by atoms with Crippen molar-refractivity contribution in [2.45, 2.75) is 109 Å². The molecule has 0 saturated carbocycles. The topological polar surface area (TPSA) is 104 Å². The van der Waals surface area contributed by atoms with Gasteiger partial charge in [-0.15, -0.1) is 0 Å². The quantitative estimate of drug-likeness (QED) is 0.265. The van der Waals surface area contributed by atoms with Crippen LogP contribution < -0.4 is 0 Å². The lowest BCUT2D eigenvalue weighted by molar-refractivity contribution is -0.172. The smallest absolute Gasteiger partial charge is 0.266 e. The molecule has 37 heavy (non-hydrogen) atoms. The van der Waals surface area contributed by atoms with Crippen molar-refractivity contribution < 1.29 is 30.9 Å². The lowest BCUT2D eigenvalue weighted by Gasteiger charge is -2.42. The summed E-state index contributed by atoms with van der Waals surface area (Å²) >= 11 is 0. The van der Waals surface area contributed by atoms with Crippen LogP contribution in [-0.2, 0) is 39.2 Å². The Labute approximate surface area is 226 Å². The summed E-state index contributed by atoms with van der Waals surface area (Å²) in [5.74, 6) is 0. The Morgan fingerprint density at radius 1 is 1.00 bits per heavy atom. The van der Waals surface area contributed by atoms with Crippen LogP contribution in [0.25, 0.3) is 0 Å². The van der Waals surface area contributed by atoms with Gasteiger partial charge in [0, 0.05) is 0 Å². The minimum Gasteiger partial charge on any atom is -0.414 e. The Hall–Kier alpha value is -1.11. The average molecular weight is 572 g/mol. The van der Waals surface area contributed by atoms with Gasteiger partial charge in [0.2, 0.25) is 5.60 Å². The van der Waals surface area contributed by atoms with Crippen LogP contribution in [0, 0.1) is 11.3 Å². The Kier molecular flexibility index (Phi) is 9.70. The predicted molar refractivity (Wildman–Crippen MR) is 149 cm³/mol. The minimum atomic E-state index is -4.07. The molecule has 1 aromatic rings. The van der Waals surface area contributed by atoms with Crippen molar-refractivity contribution in [3.05, 3.63) is 35.9 Å². The zero-order valence-electron chi connectivity index (χ0n) is 24.2. The van der Waals surface area contributed by atoms with E-state index in [9.17, 15) is 13.7 Å². The fourth-order valence-electron chi connectivity index (χ4n) is 3.41. The molecule has 1 aliphatic heterocycles. The first kappa shape index (κ1) is 32.1. The highest BCUT2D eigenvalue weighted by Gasteiger charge is 2.64. The lowest BCUT2D eigenvalue weighted by Crippen LogP contribution is -2.58. The Bertz CT molecular complexity index is 1060. The van der Waals surface area contributed by atoms with Gasteiger partial charge in [0.1, 0.15) is 18.3 Å². The van der Waals surface area contributed by atoms with Crippen LogP contribution in [0.15, 0.2) is 30.3 Å². The number of benzene rings is 1.